The third kappa shape index (κ3) is 6.06. The Kier molecular flexibility index (Phi) is 6.61. The van der Waals surface area contributed by atoms with E-state index in [1.807, 2.05) is 61.1 Å². The summed E-state index contributed by atoms with van der Waals surface area (Å²) in [6, 6.07) is 18.1. The number of hydrogen-bond acceptors (Lipinski definition) is 5. The topological polar surface area (TPSA) is 53.9 Å². The van der Waals surface area contributed by atoms with Gasteiger partial charge in [-0.05, 0) is 36.4 Å². The molecule has 3 aromatic rings. The van der Waals surface area contributed by atoms with Gasteiger partial charge in [0.05, 0.1) is 17.1 Å². The maximum atomic E-state index is 4.44. The second kappa shape index (κ2) is 9.61. The molecule has 1 N–H and O–H groups in total. The number of aromatic nitrogens is 3. The van der Waals surface area contributed by atoms with Crippen LogP contribution in [0, 0.1) is 0 Å². The summed E-state index contributed by atoms with van der Waals surface area (Å²) in [6.07, 6.45) is 5.51. The Morgan fingerprint density at radius 2 is 1.20 bits per heavy atom. The van der Waals surface area contributed by atoms with Gasteiger partial charge >= 0.3 is 0 Å². The molecule has 0 unspecified atom stereocenters. The maximum absolute atomic E-state index is 4.44. The minimum absolute atomic E-state index is 0.780. The molecule has 0 aromatic carbocycles. The molecule has 3 aromatic heterocycles. The fourth-order valence-corrected chi connectivity index (χ4v) is 2.61. The molecule has 0 aliphatic rings. The van der Waals surface area contributed by atoms with Crippen molar-refractivity contribution in [1.82, 2.24) is 25.2 Å². The average Bonchev–Trinajstić information content (AvgIpc) is 2.67. The number of rotatable bonds is 9. The van der Waals surface area contributed by atoms with Crippen molar-refractivity contribution >= 4 is 0 Å². The van der Waals surface area contributed by atoms with Crippen LogP contribution < -0.4 is 5.32 Å². The Labute approximate surface area is 148 Å². The summed E-state index contributed by atoms with van der Waals surface area (Å²) >= 11 is 0. The van der Waals surface area contributed by atoms with Gasteiger partial charge in [0.2, 0.25) is 0 Å². The summed E-state index contributed by atoms with van der Waals surface area (Å²) in [4.78, 5) is 15.6. The largest absolute Gasteiger partial charge is 0.310 e. The van der Waals surface area contributed by atoms with E-state index >= 15 is 0 Å². The van der Waals surface area contributed by atoms with Crippen molar-refractivity contribution in [2.75, 3.05) is 13.1 Å². The molecule has 0 saturated carbocycles. The van der Waals surface area contributed by atoms with Gasteiger partial charge < -0.3 is 5.32 Å². The van der Waals surface area contributed by atoms with Crippen LogP contribution in [0.15, 0.2) is 73.2 Å². The Bertz CT molecular complexity index is 677. The Morgan fingerprint density at radius 3 is 1.68 bits per heavy atom. The van der Waals surface area contributed by atoms with Crippen LogP contribution in [0.25, 0.3) is 0 Å². The molecular weight excluding hydrogens is 310 g/mol. The number of nitrogens with zero attached hydrogens (tertiary/aromatic N) is 4. The molecule has 128 valence electrons. The van der Waals surface area contributed by atoms with Crippen molar-refractivity contribution in [3.63, 3.8) is 0 Å². The second-order valence-corrected chi connectivity index (χ2v) is 5.85. The molecule has 0 spiro atoms. The van der Waals surface area contributed by atoms with Gasteiger partial charge in [-0.3, -0.25) is 19.9 Å². The van der Waals surface area contributed by atoms with Crippen molar-refractivity contribution in [3.8, 4) is 0 Å². The Hall–Kier alpha value is -2.63. The van der Waals surface area contributed by atoms with Crippen molar-refractivity contribution in [3.05, 3.63) is 90.3 Å². The smallest absolute Gasteiger partial charge is 0.0544 e. The average molecular weight is 333 g/mol. The van der Waals surface area contributed by atoms with Gasteiger partial charge in [0.15, 0.2) is 0 Å². The lowest BCUT2D eigenvalue weighted by atomic mass is 10.3. The highest BCUT2D eigenvalue weighted by atomic mass is 15.1. The first kappa shape index (κ1) is 17.2. The van der Waals surface area contributed by atoms with Crippen LogP contribution in [0.5, 0.6) is 0 Å². The zero-order valence-corrected chi connectivity index (χ0v) is 14.3. The van der Waals surface area contributed by atoms with E-state index in [1.54, 1.807) is 0 Å². The van der Waals surface area contributed by atoms with Gasteiger partial charge in [-0.1, -0.05) is 18.2 Å². The first-order chi connectivity index (χ1) is 12.4. The normalized spacial score (nSPS) is 10.9. The zero-order valence-electron chi connectivity index (χ0n) is 14.3. The first-order valence-electron chi connectivity index (χ1n) is 8.53. The number of pyridine rings is 3. The van der Waals surface area contributed by atoms with Gasteiger partial charge in [-0.25, -0.2) is 0 Å². The van der Waals surface area contributed by atoms with Gasteiger partial charge in [0, 0.05) is 51.3 Å². The lowest BCUT2D eigenvalue weighted by molar-refractivity contribution is 0.250. The fourth-order valence-electron chi connectivity index (χ4n) is 2.61. The molecule has 0 saturated heterocycles. The standard InChI is InChI=1S/C20H23N5/c1-4-10-22-18(7-1)15-21-13-14-25(16-19-8-2-5-11-23-19)17-20-9-3-6-12-24-20/h1-12,21H,13-17H2. The van der Waals surface area contributed by atoms with E-state index < -0.39 is 0 Å². The molecule has 0 aliphatic carbocycles. The molecule has 3 heterocycles. The van der Waals surface area contributed by atoms with Crippen LogP contribution in [0.1, 0.15) is 17.1 Å². The lowest BCUT2D eigenvalue weighted by Gasteiger charge is -2.21. The van der Waals surface area contributed by atoms with Crippen LogP contribution in [0.3, 0.4) is 0 Å². The van der Waals surface area contributed by atoms with E-state index in [9.17, 15) is 0 Å². The van der Waals surface area contributed by atoms with Crippen LogP contribution >= 0.6 is 0 Å². The van der Waals surface area contributed by atoms with Crippen LogP contribution in [0.4, 0.5) is 0 Å². The SMILES string of the molecule is c1ccc(CNCCN(Cc2ccccn2)Cc2ccccn2)nc1. The summed E-state index contributed by atoms with van der Waals surface area (Å²) in [7, 11) is 0. The number of nitrogens with one attached hydrogen (secondary N) is 1. The molecule has 5 nitrogen and oxygen atoms in total. The molecule has 0 atom stereocenters. The third-order valence-electron chi connectivity index (χ3n) is 3.86. The summed E-state index contributed by atoms with van der Waals surface area (Å²) in [5.74, 6) is 0. The molecule has 0 bridgehead atoms. The molecule has 0 radical (unpaired) electrons. The molecule has 0 aliphatic heterocycles. The van der Waals surface area contributed by atoms with Gasteiger partial charge in [0.1, 0.15) is 0 Å². The summed E-state index contributed by atoms with van der Waals surface area (Å²) in [5.41, 5.74) is 3.20. The zero-order chi connectivity index (χ0) is 17.2. The van der Waals surface area contributed by atoms with Gasteiger partial charge in [-0.15, -0.1) is 0 Å². The molecule has 0 amide bonds. The molecule has 3 rings (SSSR count). The first-order valence-corrected chi connectivity index (χ1v) is 8.53. The maximum Gasteiger partial charge on any atom is 0.0544 e. The van der Waals surface area contributed by atoms with E-state index in [4.69, 9.17) is 0 Å². The summed E-state index contributed by atoms with van der Waals surface area (Å²) in [5, 5.41) is 3.46. The molecular formula is C20H23N5. The molecule has 25 heavy (non-hydrogen) atoms. The minimum atomic E-state index is 0.780. The Balaban J connectivity index is 1.54. The van der Waals surface area contributed by atoms with Crippen molar-refractivity contribution in [1.29, 1.82) is 0 Å². The van der Waals surface area contributed by atoms with Gasteiger partial charge in [0.25, 0.3) is 0 Å². The second-order valence-electron chi connectivity index (χ2n) is 5.85. The third-order valence-corrected chi connectivity index (χ3v) is 3.86. The predicted octanol–water partition coefficient (Wildman–Crippen LogP) is 2.66. The lowest BCUT2D eigenvalue weighted by Crippen LogP contribution is -2.32. The highest BCUT2D eigenvalue weighted by Crippen LogP contribution is 2.06. The highest BCUT2D eigenvalue weighted by molar-refractivity contribution is 5.06. The van der Waals surface area contributed by atoms with Crippen LogP contribution in [0.2, 0.25) is 0 Å². The van der Waals surface area contributed by atoms with E-state index in [0.717, 1.165) is 49.8 Å². The molecule has 5 heteroatoms. The van der Waals surface area contributed by atoms with E-state index in [0.29, 0.717) is 0 Å². The summed E-state index contributed by atoms with van der Waals surface area (Å²) in [6.45, 7) is 4.20. The van der Waals surface area contributed by atoms with Crippen LogP contribution in [-0.2, 0) is 19.6 Å². The summed E-state index contributed by atoms with van der Waals surface area (Å²) < 4.78 is 0. The van der Waals surface area contributed by atoms with E-state index in [2.05, 4.69) is 37.3 Å². The minimum Gasteiger partial charge on any atom is -0.310 e. The quantitative estimate of drug-likeness (QED) is 0.610. The van der Waals surface area contributed by atoms with Gasteiger partial charge in [-0.2, -0.15) is 0 Å². The van der Waals surface area contributed by atoms with Crippen molar-refractivity contribution in [2.24, 2.45) is 0 Å². The van der Waals surface area contributed by atoms with Crippen LogP contribution in [-0.4, -0.2) is 32.9 Å². The van der Waals surface area contributed by atoms with Crippen molar-refractivity contribution < 1.29 is 0 Å². The highest BCUT2D eigenvalue weighted by Gasteiger charge is 2.08. The Morgan fingerprint density at radius 1 is 0.680 bits per heavy atom. The predicted molar refractivity (Wildman–Crippen MR) is 98.5 cm³/mol. The van der Waals surface area contributed by atoms with Crippen molar-refractivity contribution in [2.45, 2.75) is 19.6 Å². The monoisotopic (exact) mass is 333 g/mol. The number of hydrogen-bond donors (Lipinski definition) is 1. The van der Waals surface area contributed by atoms with E-state index in [1.165, 1.54) is 0 Å². The molecule has 0 fully saturated rings. The van der Waals surface area contributed by atoms with E-state index in [-0.39, 0.29) is 0 Å². The fraction of sp³-hybridized carbons (Fsp3) is 0.250.